The Morgan fingerprint density at radius 2 is 2.05 bits per heavy atom. The van der Waals surface area contributed by atoms with Crippen molar-refractivity contribution in [2.45, 2.75) is 18.9 Å². The van der Waals surface area contributed by atoms with Crippen LogP contribution < -0.4 is 4.74 Å². The van der Waals surface area contributed by atoms with E-state index in [2.05, 4.69) is 6.07 Å². The van der Waals surface area contributed by atoms with Gasteiger partial charge in [0, 0.05) is 24.0 Å². The summed E-state index contributed by atoms with van der Waals surface area (Å²) in [6, 6.07) is 9.75. The Morgan fingerprint density at radius 1 is 1.27 bits per heavy atom. The highest BCUT2D eigenvalue weighted by Gasteiger charge is 2.41. The first-order chi connectivity index (χ1) is 10.5. The molecule has 0 fully saturated rings. The van der Waals surface area contributed by atoms with Crippen molar-refractivity contribution < 1.29 is 14.5 Å². The summed E-state index contributed by atoms with van der Waals surface area (Å²) in [7, 11) is 3.32. The first-order valence-electron chi connectivity index (χ1n) is 7.60. The molecule has 1 N–H and O–H groups in total. The number of hydrogen-bond acceptors (Lipinski definition) is 3. The van der Waals surface area contributed by atoms with Crippen LogP contribution in [0.1, 0.15) is 22.7 Å². The van der Waals surface area contributed by atoms with E-state index in [1.807, 2.05) is 18.2 Å². The van der Waals surface area contributed by atoms with Crippen LogP contribution in [0.3, 0.4) is 0 Å². The van der Waals surface area contributed by atoms with Crippen molar-refractivity contribution in [3.63, 3.8) is 0 Å². The molecule has 2 aromatic carbocycles. The van der Waals surface area contributed by atoms with Crippen molar-refractivity contribution in [1.82, 2.24) is 0 Å². The minimum Gasteiger partial charge on any atom is -0.633 e. The van der Waals surface area contributed by atoms with E-state index in [1.165, 1.54) is 0 Å². The molecule has 0 radical (unpaired) electrons. The van der Waals surface area contributed by atoms with Gasteiger partial charge in [-0.25, -0.2) is 0 Å². The Labute approximate surface area is 129 Å². The number of nitrogens with zero attached hydrogens (tertiary/aromatic N) is 1. The molecule has 1 heterocycles. The number of benzene rings is 2. The molecule has 1 aliphatic heterocycles. The smallest absolute Gasteiger partial charge is 0.168 e. The largest absolute Gasteiger partial charge is 0.633 e. The van der Waals surface area contributed by atoms with Gasteiger partial charge in [-0.3, -0.25) is 0 Å². The van der Waals surface area contributed by atoms with E-state index in [0.717, 1.165) is 34.2 Å². The number of rotatable bonds is 1. The molecule has 0 bridgehead atoms. The first kappa shape index (κ1) is 13.6. The van der Waals surface area contributed by atoms with Gasteiger partial charge in [-0.05, 0) is 22.8 Å². The zero-order valence-corrected chi connectivity index (χ0v) is 12.8. The van der Waals surface area contributed by atoms with Gasteiger partial charge in [0.1, 0.15) is 6.04 Å². The molecular weight excluding hydrogens is 278 g/mol. The van der Waals surface area contributed by atoms with Crippen molar-refractivity contribution in [3.05, 3.63) is 52.2 Å². The fourth-order valence-electron chi connectivity index (χ4n) is 4.00. The highest BCUT2D eigenvalue weighted by Crippen LogP contribution is 2.53. The molecule has 4 rings (SSSR count). The maximum Gasteiger partial charge on any atom is 0.168 e. The number of hydroxylamine groups is 3. The van der Waals surface area contributed by atoms with Gasteiger partial charge in [0.25, 0.3) is 0 Å². The van der Waals surface area contributed by atoms with Crippen LogP contribution in [0.4, 0.5) is 0 Å². The molecule has 22 heavy (non-hydrogen) atoms. The van der Waals surface area contributed by atoms with Crippen LogP contribution in [-0.2, 0) is 12.8 Å². The molecule has 2 aromatic rings. The summed E-state index contributed by atoms with van der Waals surface area (Å²) in [6.07, 6.45) is 1.43. The van der Waals surface area contributed by atoms with Crippen LogP contribution in [0.25, 0.3) is 11.1 Å². The summed E-state index contributed by atoms with van der Waals surface area (Å²) in [6.45, 7) is 0.547. The summed E-state index contributed by atoms with van der Waals surface area (Å²) >= 11 is 0. The average Bonchev–Trinajstić information content (AvgIpc) is 2.50. The number of likely N-dealkylation sites (N-methyl/N-ethyl adjacent to an activating group) is 1. The number of quaternary nitrogens is 1. The Bertz CT molecular complexity index is 767. The molecule has 0 saturated heterocycles. The van der Waals surface area contributed by atoms with E-state index in [4.69, 9.17) is 4.74 Å². The second-order valence-corrected chi connectivity index (χ2v) is 6.40. The van der Waals surface area contributed by atoms with Crippen LogP contribution in [0.15, 0.2) is 30.3 Å². The highest BCUT2D eigenvalue weighted by atomic mass is 16.5. The van der Waals surface area contributed by atoms with E-state index in [1.54, 1.807) is 20.2 Å². The highest BCUT2D eigenvalue weighted by molar-refractivity contribution is 5.83. The van der Waals surface area contributed by atoms with E-state index in [0.29, 0.717) is 18.7 Å². The normalized spacial score (nSPS) is 25.3. The van der Waals surface area contributed by atoms with Gasteiger partial charge < -0.3 is 19.7 Å². The summed E-state index contributed by atoms with van der Waals surface area (Å²) in [4.78, 5) is 0. The number of phenols is 1. The molecule has 0 aromatic heterocycles. The third-order valence-electron chi connectivity index (χ3n) is 5.11. The molecular formula is C18H19NO3. The Morgan fingerprint density at radius 3 is 2.82 bits per heavy atom. The third kappa shape index (κ3) is 1.71. The fraction of sp³-hybridized carbons (Fsp3) is 0.333. The Kier molecular flexibility index (Phi) is 2.77. The molecule has 0 saturated carbocycles. The molecule has 0 spiro atoms. The van der Waals surface area contributed by atoms with E-state index >= 15 is 0 Å². The lowest BCUT2D eigenvalue weighted by Crippen LogP contribution is -2.48. The summed E-state index contributed by atoms with van der Waals surface area (Å²) in [5.74, 6) is 0.645. The number of fused-ring (bicyclic) bond motifs is 2. The molecule has 2 atom stereocenters. The predicted octanol–water partition coefficient (Wildman–Crippen LogP) is 3.17. The molecule has 4 heteroatoms. The molecule has 4 nitrogen and oxygen atoms in total. The lowest BCUT2D eigenvalue weighted by Gasteiger charge is -2.51. The molecule has 1 aliphatic carbocycles. The van der Waals surface area contributed by atoms with Gasteiger partial charge >= 0.3 is 0 Å². The third-order valence-corrected chi connectivity index (χ3v) is 5.11. The number of hydrogen-bond donors (Lipinski definition) is 1. The predicted molar refractivity (Wildman–Crippen MR) is 84.7 cm³/mol. The zero-order chi connectivity index (χ0) is 15.5. The number of methoxy groups -OCH3 is 1. The lowest BCUT2D eigenvalue weighted by atomic mass is 9.76. The molecule has 0 amide bonds. The minimum atomic E-state index is -0.262. The van der Waals surface area contributed by atoms with Crippen LogP contribution in [0.5, 0.6) is 11.5 Å². The maximum atomic E-state index is 13.0. The van der Waals surface area contributed by atoms with E-state index < -0.39 is 0 Å². The van der Waals surface area contributed by atoms with Crippen molar-refractivity contribution in [2.24, 2.45) is 0 Å². The monoisotopic (exact) mass is 297 g/mol. The second kappa shape index (κ2) is 4.48. The molecule has 114 valence electrons. The Hall–Kier alpha value is -2.04. The first-order valence-corrected chi connectivity index (χ1v) is 7.60. The fourth-order valence-corrected chi connectivity index (χ4v) is 4.00. The van der Waals surface area contributed by atoms with Gasteiger partial charge in [0.2, 0.25) is 0 Å². The molecule has 2 unspecified atom stereocenters. The van der Waals surface area contributed by atoms with Gasteiger partial charge in [-0.15, -0.1) is 0 Å². The SMILES string of the molecule is COc1c(O)cc2c3c1-c1ccccc1CC3[N+](C)([O-])CC2. The quantitative estimate of drug-likeness (QED) is 0.650. The van der Waals surface area contributed by atoms with Crippen molar-refractivity contribution in [3.8, 4) is 22.6 Å². The lowest BCUT2D eigenvalue weighted by molar-refractivity contribution is -0.894. The van der Waals surface area contributed by atoms with Gasteiger partial charge in [-0.2, -0.15) is 0 Å². The second-order valence-electron chi connectivity index (χ2n) is 6.40. The Balaban J connectivity index is 2.11. The van der Waals surface area contributed by atoms with Gasteiger partial charge in [0.05, 0.1) is 20.7 Å². The van der Waals surface area contributed by atoms with Crippen LogP contribution in [-0.4, -0.2) is 30.5 Å². The standard InChI is InChI=1S/C18H19NO3/c1-19(21)8-7-12-10-15(20)18(22-2)17-13-6-4-3-5-11(13)9-14(19)16(12)17/h3-6,10,14,20H,7-9H2,1-2H3. The summed E-state index contributed by atoms with van der Waals surface area (Å²) in [5.41, 5.74) is 5.28. The van der Waals surface area contributed by atoms with Crippen LogP contribution in [0.2, 0.25) is 0 Å². The molecule has 2 aliphatic rings. The van der Waals surface area contributed by atoms with Crippen LogP contribution in [0, 0.1) is 5.21 Å². The summed E-state index contributed by atoms with van der Waals surface area (Å²) in [5, 5.41) is 23.3. The average molecular weight is 297 g/mol. The van der Waals surface area contributed by atoms with Crippen molar-refractivity contribution >= 4 is 0 Å². The van der Waals surface area contributed by atoms with E-state index in [9.17, 15) is 10.3 Å². The van der Waals surface area contributed by atoms with Gasteiger partial charge in [-0.1, -0.05) is 24.3 Å². The summed E-state index contributed by atoms with van der Waals surface area (Å²) < 4.78 is 5.22. The van der Waals surface area contributed by atoms with Crippen LogP contribution >= 0.6 is 0 Å². The van der Waals surface area contributed by atoms with E-state index in [-0.39, 0.29) is 16.4 Å². The van der Waals surface area contributed by atoms with Crippen molar-refractivity contribution in [1.29, 1.82) is 0 Å². The zero-order valence-electron chi connectivity index (χ0n) is 12.8. The minimum absolute atomic E-state index is 0.122. The number of phenolic OH excluding ortho intramolecular Hbond substituents is 1. The topological polar surface area (TPSA) is 52.5 Å². The number of ether oxygens (including phenoxy) is 1. The number of aromatic hydroxyl groups is 1. The maximum absolute atomic E-state index is 13.0. The van der Waals surface area contributed by atoms with Crippen molar-refractivity contribution in [2.75, 3.05) is 20.7 Å². The van der Waals surface area contributed by atoms with Gasteiger partial charge in [0.15, 0.2) is 11.5 Å².